The second-order valence-corrected chi connectivity index (χ2v) is 5.50. The molecule has 1 atom stereocenters. The van der Waals surface area contributed by atoms with Gasteiger partial charge in [-0.2, -0.15) is 0 Å². The lowest BCUT2D eigenvalue weighted by Gasteiger charge is -2.15. The third-order valence-electron chi connectivity index (χ3n) is 3.57. The molecule has 120 valence electrons. The lowest BCUT2D eigenvalue weighted by atomic mass is 9.97. The maximum absolute atomic E-state index is 12.1. The normalized spacial score (nSPS) is 11.6. The predicted molar refractivity (Wildman–Crippen MR) is 91.7 cm³/mol. The predicted octanol–water partition coefficient (Wildman–Crippen LogP) is 3.83. The van der Waals surface area contributed by atoms with Gasteiger partial charge in [-0.05, 0) is 36.1 Å². The fourth-order valence-electron chi connectivity index (χ4n) is 2.10. The van der Waals surface area contributed by atoms with Gasteiger partial charge in [0, 0.05) is 11.9 Å². The molecule has 0 saturated carbocycles. The Morgan fingerprint density at radius 1 is 1.09 bits per heavy atom. The number of nitrogens with zero attached hydrogens (tertiary/aromatic N) is 1. The number of carbonyl (C=O) groups is 2. The quantitative estimate of drug-likeness (QED) is 0.660. The topological polar surface area (TPSA) is 71.1 Å². The molecule has 0 radical (unpaired) electrons. The molecule has 2 rings (SSSR count). The molecule has 1 aromatic heterocycles. The SMILES string of the molecule is CCC(C)c1ccccc1NC(=O)C(=O)Nc1cccnc1Cl. The van der Waals surface area contributed by atoms with Crippen LogP contribution < -0.4 is 10.6 Å². The van der Waals surface area contributed by atoms with E-state index in [1.807, 2.05) is 18.2 Å². The minimum absolute atomic E-state index is 0.133. The van der Waals surface area contributed by atoms with E-state index in [1.54, 1.807) is 18.2 Å². The molecule has 1 heterocycles. The van der Waals surface area contributed by atoms with E-state index in [1.165, 1.54) is 6.20 Å². The first kappa shape index (κ1) is 17.0. The van der Waals surface area contributed by atoms with Gasteiger partial charge in [0.05, 0.1) is 5.69 Å². The highest BCUT2D eigenvalue weighted by molar-refractivity contribution is 6.44. The van der Waals surface area contributed by atoms with Crippen molar-refractivity contribution in [1.29, 1.82) is 0 Å². The molecular formula is C17H18ClN3O2. The zero-order valence-electron chi connectivity index (χ0n) is 13.0. The molecule has 2 amide bonds. The van der Waals surface area contributed by atoms with Gasteiger partial charge in [-0.25, -0.2) is 4.98 Å². The fraction of sp³-hybridized carbons (Fsp3) is 0.235. The summed E-state index contributed by atoms with van der Waals surface area (Å²) in [6.07, 6.45) is 2.44. The van der Waals surface area contributed by atoms with Gasteiger partial charge in [0.25, 0.3) is 0 Å². The van der Waals surface area contributed by atoms with Crippen molar-refractivity contribution in [3.8, 4) is 0 Å². The van der Waals surface area contributed by atoms with Gasteiger partial charge >= 0.3 is 11.8 Å². The molecule has 1 unspecified atom stereocenters. The number of benzene rings is 1. The van der Waals surface area contributed by atoms with E-state index in [4.69, 9.17) is 11.6 Å². The van der Waals surface area contributed by atoms with Crippen molar-refractivity contribution < 1.29 is 9.59 Å². The Labute approximate surface area is 140 Å². The molecule has 0 aliphatic rings. The number of anilines is 2. The Kier molecular flexibility index (Phi) is 5.71. The van der Waals surface area contributed by atoms with E-state index in [0.29, 0.717) is 11.4 Å². The first-order valence-corrected chi connectivity index (χ1v) is 7.72. The molecule has 2 aromatic rings. The molecule has 23 heavy (non-hydrogen) atoms. The minimum atomic E-state index is -0.793. The second-order valence-electron chi connectivity index (χ2n) is 5.15. The number of halogens is 1. The summed E-state index contributed by atoms with van der Waals surface area (Å²) in [4.78, 5) is 28.0. The van der Waals surface area contributed by atoms with Crippen LogP contribution in [0.3, 0.4) is 0 Å². The van der Waals surface area contributed by atoms with E-state index < -0.39 is 11.8 Å². The van der Waals surface area contributed by atoms with Crippen LogP contribution in [0.1, 0.15) is 31.7 Å². The smallest absolute Gasteiger partial charge is 0.314 e. The summed E-state index contributed by atoms with van der Waals surface area (Å²) in [5.74, 6) is -1.26. The highest BCUT2D eigenvalue weighted by atomic mass is 35.5. The third kappa shape index (κ3) is 4.29. The van der Waals surface area contributed by atoms with Crippen molar-refractivity contribution in [2.24, 2.45) is 0 Å². The Morgan fingerprint density at radius 3 is 2.35 bits per heavy atom. The largest absolute Gasteiger partial charge is 0.318 e. The van der Waals surface area contributed by atoms with E-state index in [-0.39, 0.29) is 11.1 Å². The van der Waals surface area contributed by atoms with Crippen LogP contribution in [0.2, 0.25) is 5.15 Å². The van der Waals surface area contributed by atoms with E-state index in [9.17, 15) is 9.59 Å². The van der Waals surface area contributed by atoms with Gasteiger partial charge in [-0.1, -0.05) is 43.6 Å². The van der Waals surface area contributed by atoms with Crippen LogP contribution in [0.25, 0.3) is 0 Å². The molecule has 0 saturated heterocycles. The number of hydrogen-bond acceptors (Lipinski definition) is 3. The molecular weight excluding hydrogens is 314 g/mol. The monoisotopic (exact) mass is 331 g/mol. The average molecular weight is 332 g/mol. The molecule has 6 heteroatoms. The number of aromatic nitrogens is 1. The number of amides is 2. The summed E-state index contributed by atoms with van der Waals surface area (Å²) >= 11 is 5.86. The highest BCUT2D eigenvalue weighted by Gasteiger charge is 2.18. The Morgan fingerprint density at radius 2 is 1.70 bits per heavy atom. The van der Waals surface area contributed by atoms with Crippen molar-refractivity contribution in [3.05, 3.63) is 53.3 Å². The van der Waals surface area contributed by atoms with Crippen LogP contribution in [0.15, 0.2) is 42.6 Å². The Balaban J connectivity index is 2.10. The van der Waals surface area contributed by atoms with Crippen LogP contribution in [-0.2, 0) is 9.59 Å². The number of nitrogens with one attached hydrogen (secondary N) is 2. The number of para-hydroxylation sites is 1. The first-order valence-electron chi connectivity index (χ1n) is 7.34. The summed E-state index contributed by atoms with van der Waals surface area (Å²) < 4.78 is 0. The second kappa shape index (κ2) is 7.74. The molecule has 0 fully saturated rings. The van der Waals surface area contributed by atoms with Crippen molar-refractivity contribution in [1.82, 2.24) is 4.98 Å². The van der Waals surface area contributed by atoms with Gasteiger partial charge in [0.2, 0.25) is 0 Å². The number of pyridine rings is 1. The van der Waals surface area contributed by atoms with Gasteiger partial charge in [-0.15, -0.1) is 0 Å². The Hall–Kier alpha value is -2.40. The Bertz CT molecular complexity index is 718. The first-order chi connectivity index (χ1) is 11.0. The number of rotatable bonds is 4. The van der Waals surface area contributed by atoms with E-state index in [2.05, 4.69) is 29.5 Å². The lowest BCUT2D eigenvalue weighted by molar-refractivity contribution is -0.133. The van der Waals surface area contributed by atoms with Crippen molar-refractivity contribution in [2.75, 3.05) is 10.6 Å². The van der Waals surface area contributed by atoms with Crippen LogP contribution in [0.5, 0.6) is 0 Å². The minimum Gasteiger partial charge on any atom is -0.318 e. The maximum Gasteiger partial charge on any atom is 0.314 e. The van der Waals surface area contributed by atoms with Crippen molar-refractivity contribution in [2.45, 2.75) is 26.2 Å². The summed E-state index contributed by atoms with van der Waals surface area (Å²) in [5.41, 5.74) is 1.93. The molecule has 1 aromatic carbocycles. The number of carbonyl (C=O) groups excluding carboxylic acids is 2. The summed E-state index contributed by atoms with van der Waals surface area (Å²) in [5, 5.41) is 5.23. The van der Waals surface area contributed by atoms with E-state index in [0.717, 1.165) is 12.0 Å². The summed E-state index contributed by atoms with van der Waals surface area (Å²) in [7, 11) is 0. The van der Waals surface area contributed by atoms with Gasteiger partial charge in [0.15, 0.2) is 5.15 Å². The van der Waals surface area contributed by atoms with Gasteiger partial charge in [-0.3, -0.25) is 9.59 Å². The molecule has 2 N–H and O–H groups in total. The number of hydrogen-bond donors (Lipinski definition) is 2. The molecule has 0 spiro atoms. The van der Waals surface area contributed by atoms with Crippen molar-refractivity contribution >= 4 is 34.8 Å². The van der Waals surface area contributed by atoms with Crippen LogP contribution in [-0.4, -0.2) is 16.8 Å². The van der Waals surface area contributed by atoms with Crippen LogP contribution in [0.4, 0.5) is 11.4 Å². The molecule has 5 nitrogen and oxygen atoms in total. The van der Waals surface area contributed by atoms with Crippen LogP contribution >= 0.6 is 11.6 Å². The molecule has 0 aliphatic carbocycles. The van der Waals surface area contributed by atoms with Crippen molar-refractivity contribution in [3.63, 3.8) is 0 Å². The van der Waals surface area contributed by atoms with Gasteiger partial charge in [0.1, 0.15) is 0 Å². The third-order valence-corrected chi connectivity index (χ3v) is 3.87. The van der Waals surface area contributed by atoms with Crippen LogP contribution in [0, 0.1) is 0 Å². The maximum atomic E-state index is 12.1. The highest BCUT2D eigenvalue weighted by Crippen LogP contribution is 2.26. The standard InChI is InChI=1S/C17H18ClN3O2/c1-3-11(2)12-7-4-5-8-13(12)20-16(22)17(23)21-14-9-6-10-19-15(14)18/h4-11H,3H2,1-2H3,(H,20,22)(H,21,23). The zero-order chi connectivity index (χ0) is 16.8. The zero-order valence-corrected chi connectivity index (χ0v) is 13.7. The lowest BCUT2D eigenvalue weighted by Crippen LogP contribution is -2.29. The summed E-state index contributed by atoms with van der Waals surface area (Å²) in [6, 6.07) is 10.7. The van der Waals surface area contributed by atoms with Gasteiger partial charge < -0.3 is 10.6 Å². The average Bonchev–Trinajstić information content (AvgIpc) is 2.56. The van der Waals surface area contributed by atoms with E-state index >= 15 is 0 Å². The molecule has 0 aliphatic heterocycles. The summed E-state index contributed by atoms with van der Waals surface area (Å²) in [6.45, 7) is 4.14. The molecule has 0 bridgehead atoms. The fourth-order valence-corrected chi connectivity index (χ4v) is 2.26.